The molecular formula is C22H21ClFN3O3S2. The summed E-state index contributed by atoms with van der Waals surface area (Å²) in [4.78, 5) is 26.9. The van der Waals surface area contributed by atoms with Crippen molar-refractivity contribution in [1.29, 1.82) is 0 Å². The van der Waals surface area contributed by atoms with Crippen LogP contribution in [0.25, 0.3) is 0 Å². The van der Waals surface area contributed by atoms with Crippen LogP contribution in [0.4, 0.5) is 4.39 Å². The van der Waals surface area contributed by atoms with E-state index in [-0.39, 0.29) is 29.3 Å². The van der Waals surface area contributed by atoms with Crippen molar-refractivity contribution in [1.82, 2.24) is 15.1 Å². The molecule has 1 aromatic carbocycles. The number of carbonyl (C=O) groups excluding carboxylic acids is 1. The second-order valence-corrected chi connectivity index (χ2v) is 10.6. The van der Waals surface area contributed by atoms with Crippen molar-refractivity contribution in [2.45, 2.75) is 42.1 Å². The van der Waals surface area contributed by atoms with Gasteiger partial charge in [-0.1, -0.05) is 40.6 Å². The van der Waals surface area contributed by atoms with Gasteiger partial charge in [0.05, 0.1) is 6.04 Å². The maximum Gasteiger partial charge on any atom is 0.328 e. The fourth-order valence-corrected chi connectivity index (χ4v) is 6.35. The lowest BCUT2D eigenvalue weighted by Gasteiger charge is -2.40. The molecule has 1 saturated heterocycles. The molecule has 0 spiro atoms. The maximum absolute atomic E-state index is 14.3. The van der Waals surface area contributed by atoms with Crippen LogP contribution in [-0.4, -0.2) is 49.8 Å². The van der Waals surface area contributed by atoms with Gasteiger partial charge in [0.15, 0.2) is 10.9 Å². The van der Waals surface area contributed by atoms with E-state index in [0.29, 0.717) is 34.3 Å². The van der Waals surface area contributed by atoms with Crippen LogP contribution in [0, 0.1) is 11.7 Å². The van der Waals surface area contributed by atoms with Gasteiger partial charge in [-0.25, -0.2) is 9.18 Å². The number of rotatable bonds is 8. The fraction of sp³-hybridized carbons (Fsp3) is 0.364. The normalized spacial score (nSPS) is 22.8. The average Bonchev–Trinajstić information content (AvgIpc) is 3.61. The molecule has 2 fully saturated rings. The molecule has 2 aromatic rings. The van der Waals surface area contributed by atoms with Crippen molar-refractivity contribution in [3.05, 3.63) is 64.6 Å². The Hall–Kier alpha value is -1.94. The molecular weight excluding hydrogens is 473 g/mol. The Morgan fingerprint density at radius 3 is 2.62 bits per heavy atom. The molecule has 168 valence electrons. The van der Waals surface area contributed by atoms with Crippen LogP contribution in [0.2, 0.25) is 5.15 Å². The number of hydrogen-bond acceptors (Lipinski definition) is 7. The van der Waals surface area contributed by atoms with Crippen molar-refractivity contribution < 1.29 is 19.1 Å². The van der Waals surface area contributed by atoms with Gasteiger partial charge in [0.2, 0.25) is 0 Å². The van der Waals surface area contributed by atoms with Gasteiger partial charge in [0.25, 0.3) is 0 Å². The summed E-state index contributed by atoms with van der Waals surface area (Å²) in [5, 5.41) is 18.2. The summed E-state index contributed by atoms with van der Waals surface area (Å²) in [6.45, 7) is 0.804. The highest BCUT2D eigenvalue weighted by molar-refractivity contribution is 8.77. The predicted molar refractivity (Wildman–Crippen MR) is 123 cm³/mol. The molecule has 6 nitrogen and oxygen atoms in total. The minimum atomic E-state index is -1.09. The number of carbonyl (C=O) groups is 2. The van der Waals surface area contributed by atoms with Crippen molar-refractivity contribution in [2.24, 2.45) is 5.92 Å². The smallest absolute Gasteiger partial charge is 0.328 e. The molecule has 0 radical (unpaired) electrons. The zero-order valence-corrected chi connectivity index (χ0v) is 19.4. The van der Waals surface area contributed by atoms with Gasteiger partial charge in [-0.3, -0.25) is 9.69 Å². The van der Waals surface area contributed by atoms with Crippen LogP contribution >= 0.6 is 33.2 Å². The number of piperidine rings is 1. The van der Waals surface area contributed by atoms with E-state index in [0.717, 1.165) is 18.9 Å². The van der Waals surface area contributed by atoms with Crippen molar-refractivity contribution >= 4 is 44.9 Å². The highest BCUT2D eigenvalue weighted by Gasteiger charge is 2.44. The number of nitrogens with zero attached hydrogens (tertiary/aromatic N) is 3. The number of hydrogen-bond donors (Lipinski definition) is 1. The number of carboxylic acid groups (broad SMARTS) is 1. The molecule has 4 rings (SSSR count). The van der Waals surface area contributed by atoms with Gasteiger partial charge >= 0.3 is 5.97 Å². The molecule has 32 heavy (non-hydrogen) atoms. The minimum absolute atomic E-state index is 0.0235. The Labute approximate surface area is 198 Å². The van der Waals surface area contributed by atoms with E-state index in [1.165, 1.54) is 27.7 Å². The molecule has 2 unspecified atom stereocenters. The first-order valence-corrected chi connectivity index (χ1v) is 12.8. The van der Waals surface area contributed by atoms with Gasteiger partial charge < -0.3 is 5.11 Å². The van der Waals surface area contributed by atoms with E-state index in [1.54, 1.807) is 30.3 Å². The van der Waals surface area contributed by atoms with Crippen LogP contribution in [0.15, 0.2) is 53.1 Å². The molecule has 2 atom stereocenters. The molecule has 1 aromatic heterocycles. The Morgan fingerprint density at radius 2 is 1.97 bits per heavy atom. The molecule has 2 aliphatic rings. The van der Waals surface area contributed by atoms with Gasteiger partial charge in [0, 0.05) is 35.9 Å². The lowest BCUT2D eigenvalue weighted by Crippen LogP contribution is -2.50. The van der Waals surface area contributed by atoms with Crippen molar-refractivity contribution in [3.63, 3.8) is 0 Å². The molecule has 0 bridgehead atoms. The summed E-state index contributed by atoms with van der Waals surface area (Å²) >= 11 is 5.79. The summed E-state index contributed by atoms with van der Waals surface area (Å²) in [6, 6.07) is 9.19. The highest BCUT2D eigenvalue weighted by atomic mass is 35.5. The third kappa shape index (κ3) is 5.70. The second kappa shape index (κ2) is 10.3. The number of ketones is 1. The maximum atomic E-state index is 14.3. The molecule has 1 aliphatic carbocycles. The van der Waals surface area contributed by atoms with Crippen LogP contribution in [0.5, 0.6) is 0 Å². The summed E-state index contributed by atoms with van der Waals surface area (Å²) in [5.74, 6) is -1.46. The summed E-state index contributed by atoms with van der Waals surface area (Å²) in [7, 11) is 2.83. The van der Waals surface area contributed by atoms with Gasteiger partial charge in [-0.05, 0) is 53.8 Å². The van der Waals surface area contributed by atoms with Gasteiger partial charge in [0.1, 0.15) is 10.8 Å². The number of halogens is 2. The van der Waals surface area contributed by atoms with Crippen molar-refractivity contribution in [3.8, 4) is 0 Å². The minimum Gasteiger partial charge on any atom is -0.478 e. The van der Waals surface area contributed by atoms with Crippen LogP contribution in [0.1, 0.15) is 24.8 Å². The zero-order chi connectivity index (χ0) is 22.7. The van der Waals surface area contributed by atoms with E-state index in [2.05, 4.69) is 10.2 Å². The van der Waals surface area contributed by atoms with E-state index in [4.69, 9.17) is 11.6 Å². The standard InChI is InChI=1S/C22H21ClFN3O3S2/c23-18-7-8-19(26-25-18)32-31-17-9-10-27(12-14-3-1-2-4-16(14)24)21(15(17)11-20(28)29)22(30)13-5-6-13/h1-4,7-8,11,13,17,21H,5-6,9-10,12H2,(H,28,29)/b15-11+. The number of Topliss-reactive ketones (excluding diaryl/α,β-unsaturated/α-hetero) is 1. The number of benzene rings is 1. The molecule has 1 aliphatic heterocycles. The monoisotopic (exact) mass is 493 g/mol. The third-order valence-corrected chi connectivity index (χ3v) is 8.38. The third-order valence-electron chi connectivity index (χ3n) is 5.46. The van der Waals surface area contributed by atoms with E-state index < -0.39 is 12.0 Å². The lowest BCUT2D eigenvalue weighted by atomic mass is 9.89. The Kier molecular flexibility index (Phi) is 7.50. The highest BCUT2D eigenvalue weighted by Crippen LogP contribution is 2.44. The SMILES string of the molecule is O=C(O)/C=C1\C(SSc2ccc(Cl)nn2)CCN(Cc2ccccc2F)C1C(=O)C1CC1. The summed E-state index contributed by atoms with van der Waals surface area (Å²) < 4.78 is 14.3. The van der Waals surface area contributed by atoms with Crippen molar-refractivity contribution in [2.75, 3.05) is 6.54 Å². The first-order valence-electron chi connectivity index (χ1n) is 10.2. The topological polar surface area (TPSA) is 83.4 Å². The molecule has 0 amide bonds. The van der Waals surface area contributed by atoms with Crippen LogP contribution in [-0.2, 0) is 16.1 Å². The largest absolute Gasteiger partial charge is 0.478 e. The van der Waals surface area contributed by atoms with Gasteiger partial charge in [-0.2, -0.15) is 0 Å². The predicted octanol–water partition coefficient (Wildman–Crippen LogP) is 4.64. The first kappa shape index (κ1) is 23.2. The quantitative estimate of drug-likeness (QED) is 0.420. The average molecular weight is 494 g/mol. The number of aliphatic carboxylic acids is 1. The second-order valence-electron chi connectivity index (χ2n) is 7.77. The van der Waals surface area contributed by atoms with Gasteiger partial charge in [-0.15, -0.1) is 10.2 Å². The number of carboxylic acids is 1. The lowest BCUT2D eigenvalue weighted by molar-refractivity contribution is -0.131. The van der Waals surface area contributed by atoms with Crippen LogP contribution < -0.4 is 0 Å². The Morgan fingerprint density at radius 1 is 1.19 bits per heavy atom. The molecule has 1 N–H and O–H groups in total. The Bertz CT molecular complexity index is 1030. The first-order chi connectivity index (χ1) is 15.4. The summed E-state index contributed by atoms with van der Waals surface area (Å²) in [5.41, 5.74) is 1.05. The number of aromatic nitrogens is 2. The van der Waals surface area contributed by atoms with E-state index in [1.807, 2.05) is 4.90 Å². The fourth-order valence-electron chi connectivity index (χ4n) is 3.79. The Balaban J connectivity index is 1.59. The van der Waals surface area contributed by atoms with E-state index in [9.17, 15) is 19.1 Å². The molecule has 1 saturated carbocycles. The van der Waals surface area contributed by atoms with E-state index >= 15 is 0 Å². The molecule has 10 heteroatoms. The van der Waals surface area contributed by atoms with Crippen LogP contribution in [0.3, 0.4) is 0 Å². The zero-order valence-electron chi connectivity index (χ0n) is 17.0. The number of likely N-dealkylation sites (tertiary alicyclic amines) is 1. The molecule has 2 heterocycles. The summed E-state index contributed by atoms with van der Waals surface area (Å²) in [6.07, 6.45) is 3.41.